The van der Waals surface area contributed by atoms with Crippen molar-refractivity contribution in [3.05, 3.63) is 47.0 Å². The Bertz CT molecular complexity index is 546. The van der Waals surface area contributed by atoms with E-state index in [9.17, 15) is 4.39 Å². The van der Waals surface area contributed by atoms with Gasteiger partial charge in [0, 0.05) is 5.02 Å². The third-order valence-electron chi connectivity index (χ3n) is 3.33. The number of nitrogens with zero attached hydrogens (tertiary/aromatic N) is 2. The molecule has 1 aliphatic carbocycles. The predicted octanol–water partition coefficient (Wildman–Crippen LogP) is 3.93. The molecule has 0 N–H and O–H groups in total. The zero-order valence-electron chi connectivity index (χ0n) is 9.24. The van der Waals surface area contributed by atoms with Gasteiger partial charge in [0.15, 0.2) is 5.82 Å². The minimum Gasteiger partial charge on any atom is -0.238 e. The average Bonchev–Trinajstić information content (AvgIpc) is 2.62. The lowest BCUT2D eigenvalue weighted by atomic mass is 9.79. The molecule has 0 amide bonds. The fourth-order valence-corrected chi connectivity index (χ4v) is 2.39. The second-order valence-electron chi connectivity index (χ2n) is 4.43. The van der Waals surface area contributed by atoms with Crippen molar-refractivity contribution in [3.63, 3.8) is 0 Å². The van der Waals surface area contributed by atoms with Crippen LogP contribution in [0.25, 0.3) is 5.69 Å². The maximum absolute atomic E-state index is 13.0. The van der Waals surface area contributed by atoms with Crippen molar-refractivity contribution in [2.24, 2.45) is 0 Å². The SMILES string of the molecule is Fc1cnn(-c2ccc(Cl)cc2C2CCC2)c1. The number of halogens is 2. The molecule has 0 unspecified atom stereocenters. The minimum atomic E-state index is -0.320. The second kappa shape index (κ2) is 4.15. The van der Waals surface area contributed by atoms with Crippen LogP contribution >= 0.6 is 11.6 Å². The zero-order valence-corrected chi connectivity index (χ0v) is 9.99. The Labute approximate surface area is 104 Å². The summed E-state index contributed by atoms with van der Waals surface area (Å²) in [6, 6.07) is 5.70. The van der Waals surface area contributed by atoms with Crippen molar-refractivity contribution in [2.45, 2.75) is 25.2 Å². The van der Waals surface area contributed by atoms with E-state index in [1.165, 1.54) is 37.2 Å². The van der Waals surface area contributed by atoms with Crippen LogP contribution in [-0.4, -0.2) is 9.78 Å². The maximum Gasteiger partial charge on any atom is 0.161 e. The highest BCUT2D eigenvalue weighted by Crippen LogP contribution is 2.40. The number of hydrogen-bond acceptors (Lipinski definition) is 1. The van der Waals surface area contributed by atoms with E-state index in [-0.39, 0.29) is 5.82 Å². The molecule has 1 aromatic heterocycles. The number of hydrogen-bond donors (Lipinski definition) is 0. The second-order valence-corrected chi connectivity index (χ2v) is 4.87. The molecule has 0 spiro atoms. The molecule has 1 aromatic carbocycles. The first-order valence-corrected chi connectivity index (χ1v) is 6.12. The largest absolute Gasteiger partial charge is 0.238 e. The van der Waals surface area contributed by atoms with Gasteiger partial charge in [-0.05, 0) is 42.5 Å². The van der Waals surface area contributed by atoms with Gasteiger partial charge in [0.1, 0.15) is 0 Å². The molecular formula is C13H12ClFN2. The van der Waals surface area contributed by atoms with E-state index in [2.05, 4.69) is 5.10 Å². The minimum absolute atomic E-state index is 0.320. The first-order chi connectivity index (χ1) is 8.24. The third kappa shape index (κ3) is 1.95. The Hall–Kier alpha value is -1.35. The lowest BCUT2D eigenvalue weighted by Gasteiger charge is -2.27. The van der Waals surface area contributed by atoms with Crippen LogP contribution in [0.4, 0.5) is 4.39 Å². The van der Waals surface area contributed by atoms with Crippen LogP contribution in [0.3, 0.4) is 0 Å². The molecule has 17 heavy (non-hydrogen) atoms. The Morgan fingerprint density at radius 2 is 2.18 bits per heavy atom. The smallest absolute Gasteiger partial charge is 0.161 e. The lowest BCUT2D eigenvalue weighted by molar-refractivity contribution is 0.418. The van der Waals surface area contributed by atoms with E-state index in [0.29, 0.717) is 5.92 Å². The van der Waals surface area contributed by atoms with E-state index >= 15 is 0 Å². The summed E-state index contributed by atoms with van der Waals surface area (Å²) in [5.74, 6) is 0.218. The zero-order chi connectivity index (χ0) is 11.8. The summed E-state index contributed by atoms with van der Waals surface area (Å²) < 4.78 is 14.6. The van der Waals surface area contributed by atoms with Crippen molar-refractivity contribution in [1.82, 2.24) is 9.78 Å². The molecule has 4 heteroatoms. The molecule has 0 saturated heterocycles. The van der Waals surface area contributed by atoms with Crippen LogP contribution in [-0.2, 0) is 0 Å². The summed E-state index contributed by atoms with van der Waals surface area (Å²) in [6.45, 7) is 0. The van der Waals surface area contributed by atoms with Crippen LogP contribution in [0.15, 0.2) is 30.6 Å². The average molecular weight is 251 g/mol. The summed E-state index contributed by atoms with van der Waals surface area (Å²) in [6.07, 6.45) is 6.23. The van der Waals surface area contributed by atoms with Crippen molar-refractivity contribution in [1.29, 1.82) is 0 Å². The molecule has 1 aliphatic rings. The quantitative estimate of drug-likeness (QED) is 0.790. The van der Waals surface area contributed by atoms with Gasteiger partial charge in [-0.3, -0.25) is 0 Å². The van der Waals surface area contributed by atoms with Gasteiger partial charge in [-0.2, -0.15) is 5.10 Å². The topological polar surface area (TPSA) is 17.8 Å². The van der Waals surface area contributed by atoms with E-state index in [0.717, 1.165) is 10.7 Å². The summed E-state index contributed by atoms with van der Waals surface area (Å²) in [4.78, 5) is 0. The maximum atomic E-state index is 13.0. The molecule has 0 radical (unpaired) electrons. The van der Waals surface area contributed by atoms with Gasteiger partial charge in [0.2, 0.25) is 0 Å². The molecule has 0 atom stereocenters. The van der Waals surface area contributed by atoms with Crippen LogP contribution in [0, 0.1) is 5.82 Å². The van der Waals surface area contributed by atoms with E-state index in [1.807, 2.05) is 18.2 Å². The fourth-order valence-electron chi connectivity index (χ4n) is 2.21. The van der Waals surface area contributed by atoms with Crippen molar-refractivity contribution >= 4 is 11.6 Å². The monoisotopic (exact) mass is 250 g/mol. The van der Waals surface area contributed by atoms with Crippen LogP contribution in [0.5, 0.6) is 0 Å². The highest BCUT2D eigenvalue weighted by Gasteiger charge is 2.23. The molecule has 0 bridgehead atoms. The molecule has 88 valence electrons. The Morgan fingerprint density at radius 1 is 1.35 bits per heavy atom. The molecular weight excluding hydrogens is 239 g/mol. The highest BCUT2D eigenvalue weighted by molar-refractivity contribution is 6.30. The van der Waals surface area contributed by atoms with E-state index < -0.39 is 0 Å². The Balaban J connectivity index is 2.08. The molecule has 1 fully saturated rings. The summed E-state index contributed by atoms with van der Waals surface area (Å²) in [5.41, 5.74) is 2.11. The predicted molar refractivity (Wildman–Crippen MR) is 65.1 cm³/mol. The first kappa shape index (κ1) is 10.8. The van der Waals surface area contributed by atoms with Gasteiger partial charge in [-0.15, -0.1) is 0 Å². The normalized spacial score (nSPS) is 15.9. The lowest BCUT2D eigenvalue weighted by Crippen LogP contribution is -2.12. The standard InChI is InChI=1S/C13H12ClFN2/c14-10-4-5-13(17-8-11(15)7-16-17)12(6-10)9-2-1-3-9/h4-9H,1-3H2. The van der Waals surface area contributed by atoms with Gasteiger partial charge in [0.25, 0.3) is 0 Å². The van der Waals surface area contributed by atoms with Crippen molar-refractivity contribution in [3.8, 4) is 5.69 Å². The van der Waals surface area contributed by atoms with Crippen LogP contribution in [0.1, 0.15) is 30.7 Å². The van der Waals surface area contributed by atoms with E-state index in [1.54, 1.807) is 4.68 Å². The number of benzene rings is 1. The van der Waals surface area contributed by atoms with E-state index in [4.69, 9.17) is 11.6 Å². The Kier molecular flexibility index (Phi) is 2.63. The summed E-state index contributed by atoms with van der Waals surface area (Å²) in [5, 5.41) is 4.74. The highest BCUT2D eigenvalue weighted by atomic mass is 35.5. The fraction of sp³-hybridized carbons (Fsp3) is 0.308. The van der Waals surface area contributed by atoms with Gasteiger partial charge in [-0.1, -0.05) is 18.0 Å². The molecule has 1 saturated carbocycles. The number of aromatic nitrogens is 2. The van der Waals surface area contributed by atoms with Gasteiger partial charge < -0.3 is 0 Å². The van der Waals surface area contributed by atoms with Gasteiger partial charge in [-0.25, -0.2) is 9.07 Å². The van der Waals surface area contributed by atoms with Crippen LogP contribution in [0.2, 0.25) is 5.02 Å². The molecule has 0 aliphatic heterocycles. The van der Waals surface area contributed by atoms with Gasteiger partial charge in [0.05, 0.1) is 18.1 Å². The van der Waals surface area contributed by atoms with Crippen molar-refractivity contribution < 1.29 is 4.39 Å². The molecule has 1 heterocycles. The molecule has 3 rings (SSSR count). The van der Waals surface area contributed by atoms with Gasteiger partial charge >= 0.3 is 0 Å². The summed E-state index contributed by atoms with van der Waals surface area (Å²) >= 11 is 6.03. The third-order valence-corrected chi connectivity index (χ3v) is 3.57. The molecule has 2 nitrogen and oxygen atoms in total. The van der Waals surface area contributed by atoms with Crippen LogP contribution < -0.4 is 0 Å². The van der Waals surface area contributed by atoms with Crippen molar-refractivity contribution in [2.75, 3.05) is 0 Å². The molecule has 2 aromatic rings. The Morgan fingerprint density at radius 3 is 2.76 bits per heavy atom. The first-order valence-electron chi connectivity index (χ1n) is 5.74. The summed E-state index contributed by atoms with van der Waals surface area (Å²) in [7, 11) is 0. The number of rotatable bonds is 2.